The van der Waals surface area contributed by atoms with Gasteiger partial charge in [-0.25, -0.2) is 4.79 Å². The highest BCUT2D eigenvalue weighted by Gasteiger charge is 2.54. The third kappa shape index (κ3) is 5.02. The summed E-state index contributed by atoms with van der Waals surface area (Å²) in [5, 5.41) is 2.44. The summed E-state index contributed by atoms with van der Waals surface area (Å²) in [5.41, 5.74) is 2.47. The maximum Gasteiger partial charge on any atom is 0.355 e. The fourth-order valence-electron chi connectivity index (χ4n) is 3.72. The normalized spacial score (nSPS) is 19.5. The number of halogens is 1. The molecule has 7 nitrogen and oxygen atoms in total. The molecule has 2 amide bonds. The molecule has 0 spiro atoms. The third-order valence-electron chi connectivity index (χ3n) is 5.45. The van der Waals surface area contributed by atoms with Crippen LogP contribution in [0.25, 0.3) is 0 Å². The Labute approximate surface area is 201 Å². The average Bonchev–Trinajstić information content (AvgIpc) is 2.85. The summed E-state index contributed by atoms with van der Waals surface area (Å²) in [7, 11) is 1.58. The second-order valence-electron chi connectivity index (χ2n) is 7.63. The molecule has 2 heterocycles. The zero-order chi connectivity index (χ0) is 23.4. The first kappa shape index (κ1) is 23.2. The topological polar surface area (TPSA) is 84.9 Å². The minimum atomic E-state index is -0.688. The van der Waals surface area contributed by atoms with Crippen LogP contribution in [0.5, 0.6) is 5.75 Å². The number of rotatable bonds is 8. The molecule has 172 valence electrons. The second-order valence-corrected chi connectivity index (χ2v) is 9.00. The van der Waals surface area contributed by atoms with Crippen LogP contribution in [0.4, 0.5) is 0 Å². The fourth-order valence-corrected chi connectivity index (χ4v) is 5.40. The summed E-state index contributed by atoms with van der Waals surface area (Å²) in [6, 6.07) is 15.8. The van der Waals surface area contributed by atoms with Crippen LogP contribution < -0.4 is 10.1 Å². The van der Waals surface area contributed by atoms with Crippen LogP contribution in [-0.2, 0) is 32.1 Å². The molecule has 1 N–H and O–H groups in total. The first-order chi connectivity index (χ1) is 16.0. The van der Waals surface area contributed by atoms with Crippen LogP contribution in [-0.4, -0.2) is 52.8 Å². The van der Waals surface area contributed by atoms with Gasteiger partial charge in [0.15, 0.2) is 0 Å². The number of alkyl halides is 1. The van der Waals surface area contributed by atoms with Crippen molar-refractivity contribution in [1.29, 1.82) is 0 Å². The van der Waals surface area contributed by atoms with Crippen LogP contribution >= 0.6 is 23.4 Å². The molecule has 1 unspecified atom stereocenters. The molecular formula is C24H23ClN2O5S. The summed E-state index contributed by atoms with van der Waals surface area (Å²) in [6.45, 7) is 0.0545. The largest absolute Gasteiger partial charge is 0.497 e. The molecule has 2 aliphatic rings. The summed E-state index contributed by atoms with van der Waals surface area (Å²) in [4.78, 5) is 39.7. The lowest BCUT2D eigenvalue weighted by Crippen LogP contribution is -2.70. The van der Waals surface area contributed by atoms with Crippen molar-refractivity contribution < 1.29 is 23.9 Å². The Morgan fingerprint density at radius 3 is 2.52 bits per heavy atom. The number of carbonyl (C=O) groups is 3. The molecule has 2 aromatic carbocycles. The van der Waals surface area contributed by atoms with Gasteiger partial charge in [-0.3, -0.25) is 14.5 Å². The molecule has 0 aliphatic carbocycles. The van der Waals surface area contributed by atoms with Gasteiger partial charge in [0.2, 0.25) is 5.91 Å². The lowest BCUT2D eigenvalue weighted by Gasteiger charge is -2.49. The van der Waals surface area contributed by atoms with Gasteiger partial charge in [-0.15, -0.1) is 23.4 Å². The van der Waals surface area contributed by atoms with Crippen LogP contribution in [0.15, 0.2) is 65.9 Å². The van der Waals surface area contributed by atoms with Crippen molar-refractivity contribution in [2.75, 3.05) is 18.7 Å². The minimum Gasteiger partial charge on any atom is -0.497 e. The van der Waals surface area contributed by atoms with E-state index in [9.17, 15) is 14.4 Å². The van der Waals surface area contributed by atoms with Gasteiger partial charge < -0.3 is 14.8 Å². The van der Waals surface area contributed by atoms with E-state index >= 15 is 0 Å². The van der Waals surface area contributed by atoms with Crippen molar-refractivity contribution in [2.24, 2.45) is 0 Å². The molecule has 9 heteroatoms. The Morgan fingerprint density at radius 2 is 1.85 bits per heavy atom. The summed E-state index contributed by atoms with van der Waals surface area (Å²) < 4.78 is 10.6. The highest BCUT2D eigenvalue weighted by atomic mass is 35.5. The Hall–Kier alpha value is -2.97. The van der Waals surface area contributed by atoms with Crippen molar-refractivity contribution in [3.05, 3.63) is 77.0 Å². The lowest BCUT2D eigenvalue weighted by atomic mass is 10.0. The van der Waals surface area contributed by atoms with E-state index in [-0.39, 0.29) is 41.8 Å². The van der Waals surface area contributed by atoms with Gasteiger partial charge in [0.25, 0.3) is 5.91 Å². The molecule has 4 rings (SSSR count). The smallest absolute Gasteiger partial charge is 0.355 e. The quantitative estimate of drug-likeness (QED) is 0.351. The maximum absolute atomic E-state index is 12.9. The number of benzene rings is 2. The third-order valence-corrected chi connectivity index (χ3v) is 7.12. The maximum atomic E-state index is 12.9. The zero-order valence-electron chi connectivity index (χ0n) is 18.0. The number of esters is 1. The SMILES string of the molecule is COc1ccc(COC(=O)C2=C(CCl)CSC3[C@@H](NC(=O)Cc4ccccc4)C(=O)N23)cc1. The van der Waals surface area contributed by atoms with Crippen molar-refractivity contribution in [3.63, 3.8) is 0 Å². The summed E-state index contributed by atoms with van der Waals surface area (Å²) in [5.74, 6) is 0.116. The first-order valence-electron chi connectivity index (χ1n) is 10.4. The standard InChI is InChI=1S/C24H23ClN2O5S/c1-31-18-9-7-16(8-10-18)13-32-24(30)21-17(12-25)14-33-23-20(22(29)27(21)23)26-19(28)11-15-5-3-2-4-6-15/h2-10,20,23H,11-14H2,1H3,(H,26,28)/t20-,23?/m0/s1. The molecule has 0 bridgehead atoms. The second kappa shape index (κ2) is 10.3. The number of fused-ring (bicyclic) bond motifs is 1. The molecule has 2 aromatic rings. The van der Waals surface area contributed by atoms with E-state index in [1.807, 2.05) is 30.3 Å². The number of ether oxygens (including phenoxy) is 2. The van der Waals surface area contributed by atoms with E-state index in [2.05, 4.69) is 5.32 Å². The number of nitrogens with one attached hydrogen (secondary N) is 1. The molecule has 33 heavy (non-hydrogen) atoms. The minimum absolute atomic E-state index is 0.0545. The molecule has 0 radical (unpaired) electrons. The van der Waals surface area contributed by atoms with Gasteiger partial charge in [-0.1, -0.05) is 42.5 Å². The van der Waals surface area contributed by atoms with E-state index in [1.165, 1.54) is 16.7 Å². The molecular weight excluding hydrogens is 464 g/mol. The highest BCUT2D eigenvalue weighted by Crippen LogP contribution is 2.41. The van der Waals surface area contributed by atoms with Crippen LogP contribution in [0.3, 0.4) is 0 Å². The summed E-state index contributed by atoms with van der Waals surface area (Å²) >= 11 is 7.54. The number of carbonyl (C=O) groups excluding carboxylic acids is 3. The Kier molecular flexibility index (Phi) is 7.25. The van der Waals surface area contributed by atoms with Gasteiger partial charge in [0.1, 0.15) is 29.5 Å². The van der Waals surface area contributed by atoms with Crippen LogP contribution in [0.2, 0.25) is 0 Å². The van der Waals surface area contributed by atoms with E-state index in [0.29, 0.717) is 17.1 Å². The molecule has 2 atom stereocenters. The van der Waals surface area contributed by atoms with E-state index in [4.69, 9.17) is 21.1 Å². The van der Waals surface area contributed by atoms with E-state index in [1.54, 1.807) is 31.4 Å². The van der Waals surface area contributed by atoms with E-state index < -0.39 is 12.0 Å². The molecule has 0 aromatic heterocycles. The number of hydrogen-bond donors (Lipinski definition) is 1. The van der Waals surface area contributed by atoms with Gasteiger partial charge in [-0.05, 0) is 28.8 Å². The highest BCUT2D eigenvalue weighted by molar-refractivity contribution is 8.00. The number of hydrogen-bond acceptors (Lipinski definition) is 6. The molecule has 2 aliphatic heterocycles. The van der Waals surface area contributed by atoms with Crippen LogP contribution in [0.1, 0.15) is 11.1 Å². The molecule has 0 saturated carbocycles. The average molecular weight is 487 g/mol. The number of thioether (sulfide) groups is 1. The van der Waals surface area contributed by atoms with Crippen molar-refractivity contribution in [2.45, 2.75) is 24.4 Å². The predicted molar refractivity (Wildman–Crippen MR) is 126 cm³/mol. The number of nitrogens with zero attached hydrogens (tertiary/aromatic N) is 1. The number of β-lactam (4-membered cyclic amide) rings is 1. The Morgan fingerprint density at radius 1 is 1.12 bits per heavy atom. The fraction of sp³-hybridized carbons (Fsp3) is 0.292. The van der Waals surface area contributed by atoms with Crippen molar-refractivity contribution in [3.8, 4) is 5.75 Å². The lowest BCUT2D eigenvalue weighted by molar-refractivity contribution is -0.153. The number of amides is 2. The first-order valence-corrected chi connectivity index (χ1v) is 12.0. The van der Waals surface area contributed by atoms with Gasteiger partial charge in [0.05, 0.1) is 13.5 Å². The van der Waals surface area contributed by atoms with E-state index in [0.717, 1.165) is 11.1 Å². The van der Waals surface area contributed by atoms with Crippen molar-refractivity contribution >= 4 is 41.1 Å². The number of methoxy groups -OCH3 is 1. The molecule has 1 saturated heterocycles. The monoisotopic (exact) mass is 486 g/mol. The molecule has 1 fully saturated rings. The van der Waals surface area contributed by atoms with Gasteiger partial charge in [-0.2, -0.15) is 0 Å². The Balaban J connectivity index is 1.41. The van der Waals surface area contributed by atoms with Gasteiger partial charge in [0, 0.05) is 11.6 Å². The van der Waals surface area contributed by atoms with Gasteiger partial charge >= 0.3 is 5.97 Å². The zero-order valence-corrected chi connectivity index (χ0v) is 19.5. The Bertz CT molecular complexity index is 1070. The predicted octanol–water partition coefficient (Wildman–Crippen LogP) is 2.87. The van der Waals surface area contributed by atoms with Crippen LogP contribution in [0, 0.1) is 0 Å². The summed E-state index contributed by atoms with van der Waals surface area (Å²) in [6.07, 6.45) is 0.182. The van der Waals surface area contributed by atoms with Crippen molar-refractivity contribution in [1.82, 2.24) is 10.2 Å².